The lowest BCUT2D eigenvalue weighted by molar-refractivity contribution is -0.124. The van der Waals surface area contributed by atoms with Crippen LogP contribution in [0.2, 0.25) is 0 Å². The van der Waals surface area contributed by atoms with E-state index in [1.165, 1.54) is 0 Å². The summed E-state index contributed by atoms with van der Waals surface area (Å²) in [6, 6.07) is 12.3. The van der Waals surface area contributed by atoms with E-state index < -0.39 is 6.10 Å². The topological polar surface area (TPSA) is 85.9 Å². The van der Waals surface area contributed by atoms with Crippen LogP contribution in [0.25, 0.3) is 0 Å². The molecule has 7 nitrogen and oxygen atoms in total. The number of nitrogens with one attached hydrogen (secondary N) is 2. The van der Waals surface area contributed by atoms with Gasteiger partial charge in [0.1, 0.15) is 6.10 Å². The molecular formula is C24H30N2O5. The molecule has 1 saturated heterocycles. The van der Waals surface area contributed by atoms with Crippen LogP contribution in [-0.4, -0.2) is 38.2 Å². The summed E-state index contributed by atoms with van der Waals surface area (Å²) in [4.78, 5) is 25.0. The standard InChI is InChI=1S/C24H30N2O5/c1-4-12-30-20-11-10-17(15-22(20)29-3)16(2)25-23(27)18-7-5-8-19(14-18)26-24(28)21-9-6-13-31-21/h5,7-8,10-11,14-16,21H,4,6,9,12-13H2,1-3H3,(H,25,27)(H,26,28). The van der Waals surface area contributed by atoms with Crippen LogP contribution in [0.4, 0.5) is 5.69 Å². The van der Waals surface area contributed by atoms with Crippen molar-refractivity contribution in [3.8, 4) is 11.5 Å². The van der Waals surface area contributed by atoms with Gasteiger partial charge < -0.3 is 24.8 Å². The third kappa shape index (κ3) is 5.98. The Labute approximate surface area is 183 Å². The van der Waals surface area contributed by atoms with E-state index in [1.54, 1.807) is 31.4 Å². The number of rotatable bonds is 9. The first-order valence-electron chi connectivity index (χ1n) is 10.7. The van der Waals surface area contributed by atoms with Crippen molar-refractivity contribution in [2.75, 3.05) is 25.6 Å². The van der Waals surface area contributed by atoms with Gasteiger partial charge in [-0.1, -0.05) is 19.1 Å². The fraction of sp³-hybridized carbons (Fsp3) is 0.417. The molecule has 0 radical (unpaired) electrons. The van der Waals surface area contributed by atoms with Gasteiger partial charge in [-0.05, 0) is 62.1 Å². The maximum Gasteiger partial charge on any atom is 0.253 e. The van der Waals surface area contributed by atoms with Gasteiger partial charge in [-0.25, -0.2) is 0 Å². The van der Waals surface area contributed by atoms with E-state index in [4.69, 9.17) is 14.2 Å². The highest BCUT2D eigenvalue weighted by Crippen LogP contribution is 2.30. The van der Waals surface area contributed by atoms with Crippen molar-refractivity contribution in [3.63, 3.8) is 0 Å². The van der Waals surface area contributed by atoms with Crippen LogP contribution in [0.15, 0.2) is 42.5 Å². The average molecular weight is 427 g/mol. The highest BCUT2D eigenvalue weighted by molar-refractivity contribution is 5.98. The first kappa shape index (κ1) is 22.6. The summed E-state index contributed by atoms with van der Waals surface area (Å²) >= 11 is 0. The number of methoxy groups -OCH3 is 1. The third-order valence-electron chi connectivity index (χ3n) is 5.11. The molecule has 0 spiro atoms. The normalized spacial score (nSPS) is 16.4. The van der Waals surface area contributed by atoms with Crippen LogP contribution < -0.4 is 20.1 Å². The fourth-order valence-corrected chi connectivity index (χ4v) is 3.39. The molecule has 0 aliphatic carbocycles. The summed E-state index contributed by atoms with van der Waals surface area (Å²) < 4.78 is 16.5. The van der Waals surface area contributed by atoms with E-state index in [2.05, 4.69) is 10.6 Å². The number of carbonyl (C=O) groups excluding carboxylic acids is 2. The molecule has 166 valence electrons. The molecule has 0 aromatic heterocycles. The zero-order chi connectivity index (χ0) is 22.2. The van der Waals surface area contributed by atoms with E-state index in [0.717, 1.165) is 24.8 Å². The van der Waals surface area contributed by atoms with Crippen molar-refractivity contribution >= 4 is 17.5 Å². The van der Waals surface area contributed by atoms with E-state index in [9.17, 15) is 9.59 Å². The predicted octanol–water partition coefficient (Wildman–Crippen LogP) is 4.09. The van der Waals surface area contributed by atoms with E-state index in [0.29, 0.717) is 36.0 Å². The molecule has 2 N–H and O–H groups in total. The zero-order valence-electron chi connectivity index (χ0n) is 18.3. The van der Waals surface area contributed by atoms with Gasteiger partial charge in [0.25, 0.3) is 11.8 Å². The Kier molecular flexibility index (Phi) is 7.89. The molecule has 31 heavy (non-hydrogen) atoms. The maximum atomic E-state index is 12.8. The molecule has 1 aliphatic rings. The maximum absolute atomic E-state index is 12.8. The summed E-state index contributed by atoms with van der Waals surface area (Å²) in [6.07, 6.45) is 2.09. The summed E-state index contributed by atoms with van der Waals surface area (Å²) in [5, 5.41) is 5.82. The fourth-order valence-electron chi connectivity index (χ4n) is 3.39. The quantitative estimate of drug-likeness (QED) is 0.631. The number of amides is 2. The van der Waals surface area contributed by atoms with Gasteiger partial charge in [-0.15, -0.1) is 0 Å². The van der Waals surface area contributed by atoms with Gasteiger partial charge in [-0.3, -0.25) is 9.59 Å². The lowest BCUT2D eigenvalue weighted by Crippen LogP contribution is -2.28. The molecule has 2 unspecified atom stereocenters. The molecule has 0 saturated carbocycles. The Balaban J connectivity index is 1.64. The van der Waals surface area contributed by atoms with Crippen molar-refractivity contribution in [2.24, 2.45) is 0 Å². The Bertz CT molecular complexity index is 909. The molecule has 1 fully saturated rings. The largest absolute Gasteiger partial charge is 0.493 e. The van der Waals surface area contributed by atoms with Crippen molar-refractivity contribution in [2.45, 2.75) is 45.3 Å². The first-order valence-corrected chi connectivity index (χ1v) is 10.7. The van der Waals surface area contributed by atoms with Gasteiger partial charge in [0.2, 0.25) is 0 Å². The molecule has 0 bridgehead atoms. The number of hydrogen-bond donors (Lipinski definition) is 2. The summed E-state index contributed by atoms with van der Waals surface area (Å²) in [5.74, 6) is 0.902. The predicted molar refractivity (Wildman–Crippen MR) is 119 cm³/mol. The number of carbonyl (C=O) groups is 2. The number of hydrogen-bond acceptors (Lipinski definition) is 5. The molecule has 1 heterocycles. The van der Waals surface area contributed by atoms with Crippen molar-refractivity contribution in [1.82, 2.24) is 5.32 Å². The van der Waals surface area contributed by atoms with Crippen LogP contribution in [-0.2, 0) is 9.53 Å². The first-order chi connectivity index (χ1) is 15.0. The van der Waals surface area contributed by atoms with E-state index >= 15 is 0 Å². The summed E-state index contributed by atoms with van der Waals surface area (Å²) in [7, 11) is 1.59. The summed E-state index contributed by atoms with van der Waals surface area (Å²) in [5.41, 5.74) is 1.93. The number of ether oxygens (including phenoxy) is 3. The lowest BCUT2D eigenvalue weighted by Gasteiger charge is -2.17. The highest BCUT2D eigenvalue weighted by atomic mass is 16.5. The van der Waals surface area contributed by atoms with Gasteiger partial charge in [0.15, 0.2) is 11.5 Å². The Morgan fingerprint density at radius 1 is 1.19 bits per heavy atom. The molecule has 2 atom stereocenters. The van der Waals surface area contributed by atoms with Crippen LogP contribution in [0, 0.1) is 0 Å². The Morgan fingerprint density at radius 2 is 2.03 bits per heavy atom. The smallest absolute Gasteiger partial charge is 0.253 e. The second kappa shape index (κ2) is 10.8. The van der Waals surface area contributed by atoms with Crippen LogP contribution >= 0.6 is 0 Å². The van der Waals surface area contributed by atoms with Gasteiger partial charge in [-0.2, -0.15) is 0 Å². The molecule has 3 rings (SSSR count). The molecular weight excluding hydrogens is 396 g/mol. The van der Waals surface area contributed by atoms with Crippen molar-refractivity contribution in [1.29, 1.82) is 0 Å². The average Bonchev–Trinajstić information content (AvgIpc) is 3.33. The van der Waals surface area contributed by atoms with Gasteiger partial charge >= 0.3 is 0 Å². The van der Waals surface area contributed by atoms with Crippen LogP contribution in [0.1, 0.15) is 55.1 Å². The van der Waals surface area contributed by atoms with Crippen LogP contribution in [0.5, 0.6) is 11.5 Å². The van der Waals surface area contributed by atoms with Crippen LogP contribution in [0.3, 0.4) is 0 Å². The SMILES string of the molecule is CCCOc1ccc(C(C)NC(=O)c2cccc(NC(=O)C3CCCO3)c2)cc1OC. The Morgan fingerprint density at radius 3 is 2.74 bits per heavy atom. The van der Waals surface area contributed by atoms with Gasteiger partial charge in [0, 0.05) is 17.9 Å². The second-order valence-corrected chi connectivity index (χ2v) is 7.53. The zero-order valence-corrected chi connectivity index (χ0v) is 18.3. The molecule has 2 aromatic carbocycles. The minimum atomic E-state index is -0.420. The van der Waals surface area contributed by atoms with Gasteiger partial charge in [0.05, 0.1) is 19.8 Å². The molecule has 1 aliphatic heterocycles. The van der Waals surface area contributed by atoms with Crippen molar-refractivity contribution in [3.05, 3.63) is 53.6 Å². The lowest BCUT2D eigenvalue weighted by atomic mass is 10.1. The van der Waals surface area contributed by atoms with E-state index in [-0.39, 0.29) is 17.9 Å². The number of benzene rings is 2. The molecule has 7 heteroatoms. The minimum Gasteiger partial charge on any atom is -0.493 e. The minimum absolute atomic E-state index is 0.180. The summed E-state index contributed by atoms with van der Waals surface area (Å²) in [6.45, 7) is 5.17. The van der Waals surface area contributed by atoms with Crippen molar-refractivity contribution < 1.29 is 23.8 Å². The highest BCUT2D eigenvalue weighted by Gasteiger charge is 2.23. The third-order valence-corrected chi connectivity index (χ3v) is 5.11. The molecule has 2 aromatic rings. The molecule has 2 amide bonds. The second-order valence-electron chi connectivity index (χ2n) is 7.53. The monoisotopic (exact) mass is 426 g/mol. The van der Waals surface area contributed by atoms with E-state index in [1.807, 2.05) is 32.0 Å². The Hall–Kier alpha value is -3.06. The number of anilines is 1.